The first-order valence-corrected chi connectivity index (χ1v) is 2.60. The Kier molecular flexibility index (Phi) is 1.83. The lowest BCUT2D eigenvalue weighted by molar-refractivity contribution is 0.0860. The molecule has 1 saturated heterocycles. The molecule has 2 N–H and O–H groups in total. The lowest BCUT2D eigenvalue weighted by Crippen LogP contribution is -2.10. The Morgan fingerprint density at radius 3 is 2.75 bits per heavy atom. The third kappa shape index (κ3) is 1.18. The van der Waals surface area contributed by atoms with Crippen LogP contribution in [0.2, 0.25) is 0 Å². The predicted molar refractivity (Wildman–Crippen MR) is 26.9 cm³/mol. The van der Waals surface area contributed by atoms with E-state index in [1.807, 2.05) is 0 Å². The number of hydrogen-bond acceptors (Lipinski definition) is 3. The quantitative estimate of drug-likeness (QED) is 0.477. The van der Waals surface area contributed by atoms with E-state index in [4.69, 9.17) is 14.9 Å². The second-order valence-electron chi connectivity index (χ2n) is 1.88. The van der Waals surface area contributed by atoms with Crippen molar-refractivity contribution in [2.24, 2.45) is 0 Å². The van der Waals surface area contributed by atoms with Gasteiger partial charge in [0.05, 0.1) is 18.8 Å². The van der Waals surface area contributed by atoms with Gasteiger partial charge in [0.25, 0.3) is 0 Å². The minimum atomic E-state index is -0.479. The van der Waals surface area contributed by atoms with Gasteiger partial charge in [0.15, 0.2) is 0 Å². The first kappa shape index (κ1) is 6.01. The molecule has 0 saturated carbocycles. The molecule has 0 bridgehead atoms. The van der Waals surface area contributed by atoms with Gasteiger partial charge in [-0.25, -0.2) is 0 Å². The Balaban J connectivity index is 2.22. The van der Waals surface area contributed by atoms with Crippen LogP contribution in [0.5, 0.6) is 0 Å². The van der Waals surface area contributed by atoms with Crippen LogP contribution in [0.4, 0.5) is 0 Å². The summed E-state index contributed by atoms with van der Waals surface area (Å²) >= 11 is 0. The SMILES string of the molecule is OC[C@@H]1C[C@H](O)[CH]O1. The van der Waals surface area contributed by atoms with Crippen molar-refractivity contribution >= 4 is 0 Å². The van der Waals surface area contributed by atoms with E-state index in [2.05, 4.69) is 0 Å². The largest absolute Gasteiger partial charge is 0.394 e. The lowest BCUT2D eigenvalue weighted by Gasteiger charge is -2.00. The maximum Gasteiger partial charge on any atom is 0.113 e. The smallest absolute Gasteiger partial charge is 0.113 e. The highest BCUT2D eigenvalue weighted by atomic mass is 16.5. The van der Waals surface area contributed by atoms with Crippen LogP contribution >= 0.6 is 0 Å². The lowest BCUT2D eigenvalue weighted by atomic mass is 10.2. The second kappa shape index (κ2) is 2.44. The first-order valence-electron chi connectivity index (χ1n) is 2.60. The number of ether oxygens (including phenoxy) is 1. The van der Waals surface area contributed by atoms with E-state index in [0.717, 1.165) is 0 Å². The van der Waals surface area contributed by atoms with Crippen LogP contribution in [0.15, 0.2) is 0 Å². The zero-order chi connectivity index (χ0) is 5.98. The normalized spacial score (nSPS) is 38.2. The molecule has 1 aliphatic heterocycles. The monoisotopic (exact) mass is 117 g/mol. The van der Waals surface area contributed by atoms with Crippen molar-refractivity contribution in [2.45, 2.75) is 18.6 Å². The Labute approximate surface area is 47.9 Å². The van der Waals surface area contributed by atoms with E-state index < -0.39 is 6.10 Å². The molecule has 0 aromatic heterocycles. The van der Waals surface area contributed by atoms with Gasteiger partial charge in [0, 0.05) is 6.42 Å². The van der Waals surface area contributed by atoms with Crippen molar-refractivity contribution in [1.82, 2.24) is 0 Å². The van der Waals surface area contributed by atoms with E-state index in [1.165, 1.54) is 6.61 Å². The summed E-state index contributed by atoms with van der Waals surface area (Å²) in [6.07, 6.45) is -0.131. The van der Waals surface area contributed by atoms with E-state index in [-0.39, 0.29) is 12.7 Å². The molecule has 1 radical (unpaired) electrons. The molecule has 1 fully saturated rings. The highest BCUT2D eigenvalue weighted by molar-refractivity contribution is 4.79. The van der Waals surface area contributed by atoms with E-state index in [1.54, 1.807) is 0 Å². The van der Waals surface area contributed by atoms with Crippen LogP contribution in [-0.2, 0) is 4.74 Å². The van der Waals surface area contributed by atoms with Crippen molar-refractivity contribution < 1.29 is 14.9 Å². The van der Waals surface area contributed by atoms with Gasteiger partial charge in [-0.2, -0.15) is 0 Å². The minimum absolute atomic E-state index is 0.00639. The van der Waals surface area contributed by atoms with Crippen LogP contribution in [0.25, 0.3) is 0 Å². The summed E-state index contributed by atoms with van der Waals surface area (Å²) in [6, 6.07) is 0. The highest BCUT2D eigenvalue weighted by Crippen LogP contribution is 2.15. The molecule has 1 heterocycles. The summed E-state index contributed by atoms with van der Waals surface area (Å²) in [6.45, 7) is 1.34. The molecule has 0 aromatic carbocycles. The number of aliphatic hydroxyl groups excluding tert-OH is 2. The molecule has 47 valence electrons. The van der Waals surface area contributed by atoms with Crippen molar-refractivity contribution in [3.05, 3.63) is 6.61 Å². The summed E-state index contributed by atoms with van der Waals surface area (Å²) in [5, 5.41) is 17.2. The van der Waals surface area contributed by atoms with Crippen molar-refractivity contribution in [1.29, 1.82) is 0 Å². The van der Waals surface area contributed by atoms with Crippen molar-refractivity contribution in [3.63, 3.8) is 0 Å². The molecular weight excluding hydrogens is 108 g/mol. The molecule has 1 aliphatic rings. The molecule has 2 atom stereocenters. The topological polar surface area (TPSA) is 49.7 Å². The Bertz CT molecular complexity index is 74.1. The molecule has 3 heteroatoms. The van der Waals surface area contributed by atoms with E-state index >= 15 is 0 Å². The van der Waals surface area contributed by atoms with Crippen LogP contribution in [0.3, 0.4) is 0 Å². The van der Waals surface area contributed by atoms with Gasteiger partial charge in [-0.3, -0.25) is 0 Å². The average molecular weight is 117 g/mol. The van der Waals surface area contributed by atoms with Gasteiger partial charge in [0.1, 0.15) is 6.61 Å². The standard InChI is InChI=1S/C5H9O3/c6-2-5-1-4(7)3-8-5/h3-7H,1-2H2/t4-,5-/m0/s1. The van der Waals surface area contributed by atoms with Crippen LogP contribution in [0, 0.1) is 6.61 Å². The Morgan fingerprint density at radius 2 is 2.50 bits per heavy atom. The molecule has 0 amide bonds. The predicted octanol–water partition coefficient (Wildman–Crippen LogP) is -0.710. The summed E-state index contributed by atoms with van der Waals surface area (Å²) in [5.41, 5.74) is 0. The highest BCUT2D eigenvalue weighted by Gasteiger charge is 2.22. The molecule has 0 unspecified atom stereocenters. The maximum atomic E-state index is 8.74. The van der Waals surface area contributed by atoms with Gasteiger partial charge in [-0.15, -0.1) is 0 Å². The molecular formula is C5H9O3. The van der Waals surface area contributed by atoms with E-state index in [9.17, 15) is 0 Å². The summed E-state index contributed by atoms with van der Waals surface area (Å²) in [4.78, 5) is 0. The van der Waals surface area contributed by atoms with Gasteiger partial charge in [-0.05, 0) is 0 Å². The fourth-order valence-corrected chi connectivity index (χ4v) is 0.700. The van der Waals surface area contributed by atoms with E-state index in [0.29, 0.717) is 6.42 Å². The summed E-state index contributed by atoms with van der Waals surface area (Å²) < 4.78 is 4.79. The van der Waals surface area contributed by atoms with Crippen molar-refractivity contribution in [2.75, 3.05) is 6.61 Å². The van der Waals surface area contributed by atoms with Gasteiger partial charge in [-0.1, -0.05) is 0 Å². The summed E-state index contributed by atoms with van der Waals surface area (Å²) in [7, 11) is 0. The average Bonchev–Trinajstić information content (AvgIpc) is 2.14. The number of rotatable bonds is 1. The third-order valence-electron chi connectivity index (χ3n) is 1.14. The second-order valence-corrected chi connectivity index (χ2v) is 1.88. The summed E-state index contributed by atoms with van der Waals surface area (Å²) in [5.74, 6) is 0. The van der Waals surface area contributed by atoms with Crippen molar-refractivity contribution in [3.8, 4) is 0 Å². The Hall–Kier alpha value is -0.120. The molecule has 0 aromatic rings. The Morgan fingerprint density at radius 1 is 1.75 bits per heavy atom. The zero-order valence-corrected chi connectivity index (χ0v) is 4.45. The molecule has 1 rings (SSSR count). The van der Waals surface area contributed by atoms with Gasteiger partial charge in [0.2, 0.25) is 0 Å². The van der Waals surface area contributed by atoms with Crippen LogP contribution in [-0.4, -0.2) is 29.0 Å². The molecule has 0 spiro atoms. The minimum Gasteiger partial charge on any atom is -0.394 e. The molecule has 8 heavy (non-hydrogen) atoms. The van der Waals surface area contributed by atoms with Gasteiger partial charge < -0.3 is 14.9 Å². The van der Waals surface area contributed by atoms with Crippen LogP contribution in [0.1, 0.15) is 6.42 Å². The number of hydrogen-bond donors (Lipinski definition) is 2. The fraction of sp³-hybridized carbons (Fsp3) is 0.800. The van der Waals surface area contributed by atoms with Gasteiger partial charge >= 0.3 is 0 Å². The first-order chi connectivity index (χ1) is 3.83. The maximum absolute atomic E-state index is 8.74. The fourth-order valence-electron chi connectivity index (χ4n) is 0.700. The molecule has 0 aliphatic carbocycles. The third-order valence-corrected chi connectivity index (χ3v) is 1.14. The molecule has 3 nitrogen and oxygen atoms in total. The number of aliphatic hydroxyl groups is 2. The van der Waals surface area contributed by atoms with Crippen LogP contribution < -0.4 is 0 Å². The zero-order valence-electron chi connectivity index (χ0n) is 4.45.